The van der Waals surface area contributed by atoms with Crippen LogP contribution in [-0.4, -0.2) is 35.7 Å². The maximum Gasteiger partial charge on any atom is 0.170 e. The van der Waals surface area contributed by atoms with Crippen LogP contribution in [-0.2, 0) is 0 Å². The summed E-state index contributed by atoms with van der Waals surface area (Å²) in [6.07, 6.45) is 4.05. The Bertz CT molecular complexity index is 988. The Morgan fingerprint density at radius 2 is 1.41 bits per heavy atom. The highest BCUT2D eigenvalue weighted by molar-refractivity contribution is 7.80. The molecule has 3 nitrogen and oxygen atoms in total. The summed E-state index contributed by atoms with van der Waals surface area (Å²) in [6.45, 7) is 3.07. The number of likely N-dealkylation sites (tertiary alicyclic amines) is 1. The zero-order valence-corrected chi connectivity index (χ0v) is 20.0. The van der Waals surface area contributed by atoms with Gasteiger partial charge in [-0.2, -0.15) is 0 Å². The molecule has 1 saturated heterocycles. The van der Waals surface area contributed by atoms with Crippen molar-refractivity contribution in [2.75, 3.05) is 25.0 Å². The van der Waals surface area contributed by atoms with E-state index >= 15 is 0 Å². The number of hydrogen-bond acceptors (Lipinski definition) is 2. The number of hydrogen-bond donors (Lipinski definition) is 2. The minimum Gasteiger partial charge on any atom is -0.360 e. The van der Waals surface area contributed by atoms with Crippen molar-refractivity contribution < 1.29 is 8.78 Å². The average molecular weight is 480 g/mol. The largest absolute Gasteiger partial charge is 0.360 e. The van der Waals surface area contributed by atoms with Gasteiger partial charge >= 0.3 is 0 Å². The van der Waals surface area contributed by atoms with Crippen LogP contribution in [0.1, 0.15) is 42.7 Å². The van der Waals surface area contributed by atoms with Gasteiger partial charge in [-0.05, 0) is 92.0 Å². The van der Waals surface area contributed by atoms with Crippen LogP contribution < -0.4 is 10.6 Å². The SMILES string of the molecule is Fc1ccc(C(CCCN2CCC(NC(=S)Nc3ccccc3)CC2)c2ccc(F)cc2)cc1. The molecule has 0 atom stereocenters. The van der Waals surface area contributed by atoms with Crippen molar-refractivity contribution in [2.45, 2.75) is 37.6 Å². The topological polar surface area (TPSA) is 27.3 Å². The molecule has 34 heavy (non-hydrogen) atoms. The van der Waals surface area contributed by atoms with Gasteiger partial charge in [0.05, 0.1) is 0 Å². The maximum absolute atomic E-state index is 13.4. The number of nitrogens with one attached hydrogen (secondary N) is 2. The van der Waals surface area contributed by atoms with Gasteiger partial charge in [-0.1, -0.05) is 42.5 Å². The first-order valence-electron chi connectivity index (χ1n) is 11.9. The summed E-state index contributed by atoms with van der Waals surface area (Å²) in [7, 11) is 0. The van der Waals surface area contributed by atoms with Crippen LogP contribution >= 0.6 is 12.2 Å². The van der Waals surface area contributed by atoms with E-state index in [0.29, 0.717) is 11.2 Å². The highest BCUT2D eigenvalue weighted by Gasteiger charge is 2.21. The van der Waals surface area contributed by atoms with Gasteiger partial charge in [0, 0.05) is 30.7 Å². The first-order valence-corrected chi connectivity index (χ1v) is 12.3. The number of anilines is 1. The molecule has 3 aromatic rings. The summed E-state index contributed by atoms with van der Waals surface area (Å²) in [4.78, 5) is 2.50. The van der Waals surface area contributed by atoms with Crippen LogP contribution in [0.4, 0.5) is 14.5 Å². The van der Waals surface area contributed by atoms with E-state index < -0.39 is 0 Å². The molecule has 4 rings (SSSR count). The van der Waals surface area contributed by atoms with E-state index in [1.165, 1.54) is 24.3 Å². The summed E-state index contributed by atoms with van der Waals surface area (Å²) < 4.78 is 26.9. The number of halogens is 2. The number of thiocarbonyl (C=S) groups is 1. The Hall–Kier alpha value is -2.83. The highest BCUT2D eigenvalue weighted by atomic mass is 32.1. The van der Waals surface area contributed by atoms with Gasteiger partial charge < -0.3 is 15.5 Å². The first kappa shape index (κ1) is 24.3. The van der Waals surface area contributed by atoms with Crippen LogP contribution in [0.25, 0.3) is 0 Å². The third kappa shape index (κ3) is 7.08. The summed E-state index contributed by atoms with van der Waals surface area (Å²) in [5.74, 6) is -0.352. The number of para-hydroxylation sites is 1. The quantitative estimate of drug-likeness (QED) is 0.369. The minimum absolute atomic E-state index is 0.127. The summed E-state index contributed by atoms with van der Waals surface area (Å²) in [6, 6.07) is 23.7. The third-order valence-electron chi connectivity index (χ3n) is 6.47. The van der Waals surface area contributed by atoms with Gasteiger partial charge in [0.15, 0.2) is 5.11 Å². The summed E-state index contributed by atoms with van der Waals surface area (Å²) >= 11 is 5.47. The molecule has 0 aliphatic carbocycles. The lowest BCUT2D eigenvalue weighted by Crippen LogP contribution is -2.46. The molecule has 6 heteroatoms. The fraction of sp³-hybridized carbons (Fsp3) is 0.321. The third-order valence-corrected chi connectivity index (χ3v) is 6.69. The van der Waals surface area contributed by atoms with Crippen LogP contribution in [0.3, 0.4) is 0 Å². The van der Waals surface area contributed by atoms with Crippen molar-refractivity contribution in [2.24, 2.45) is 0 Å². The van der Waals surface area contributed by atoms with E-state index in [-0.39, 0.29) is 17.6 Å². The highest BCUT2D eigenvalue weighted by Crippen LogP contribution is 2.30. The Labute approximate surface area is 206 Å². The van der Waals surface area contributed by atoms with Crippen molar-refractivity contribution in [1.82, 2.24) is 10.2 Å². The van der Waals surface area contributed by atoms with E-state index in [9.17, 15) is 8.78 Å². The van der Waals surface area contributed by atoms with Crippen LogP contribution in [0, 0.1) is 11.6 Å². The van der Waals surface area contributed by atoms with Gasteiger partial charge in [0.1, 0.15) is 11.6 Å². The van der Waals surface area contributed by atoms with E-state index in [2.05, 4.69) is 15.5 Å². The van der Waals surface area contributed by atoms with Gasteiger partial charge in [-0.3, -0.25) is 0 Å². The molecule has 2 N–H and O–H groups in total. The fourth-order valence-electron chi connectivity index (χ4n) is 4.61. The van der Waals surface area contributed by atoms with E-state index in [1.807, 2.05) is 54.6 Å². The van der Waals surface area contributed by atoms with Crippen molar-refractivity contribution in [3.8, 4) is 0 Å². The molecule has 0 radical (unpaired) electrons. The maximum atomic E-state index is 13.4. The predicted octanol–water partition coefficient (Wildman–Crippen LogP) is 6.33. The van der Waals surface area contributed by atoms with Gasteiger partial charge in [0.25, 0.3) is 0 Å². The number of piperidine rings is 1. The molecule has 0 aromatic heterocycles. The molecule has 3 aromatic carbocycles. The molecule has 1 aliphatic rings. The van der Waals surface area contributed by atoms with E-state index in [1.54, 1.807) is 0 Å². The first-order chi connectivity index (χ1) is 16.6. The van der Waals surface area contributed by atoms with Crippen LogP contribution in [0.2, 0.25) is 0 Å². The molecule has 1 aliphatic heterocycles. The molecule has 1 heterocycles. The van der Waals surface area contributed by atoms with Gasteiger partial charge in [0.2, 0.25) is 0 Å². The lowest BCUT2D eigenvalue weighted by molar-refractivity contribution is 0.202. The molecule has 0 unspecified atom stereocenters. The monoisotopic (exact) mass is 479 g/mol. The van der Waals surface area contributed by atoms with Crippen molar-refractivity contribution in [1.29, 1.82) is 0 Å². The van der Waals surface area contributed by atoms with Gasteiger partial charge in [-0.15, -0.1) is 0 Å². The molecule has 0 amide bonds. The second-order valence-corrected chi connectivity index (χ2v) is 9.29. The average Bonchev–Trinajstić information content (AvgIpc) is 2.85. The predicted molar refractivity (Wildman–Crippen MR) is 139 cm³/mol. The second-order valence-electron chi connectivity index (χ2n) is 8.88. The standard InChI is InChI=1S/C28H31F2N3S/c29-23-12-8-21(9-13-23)27(22-10-14-24(30)15-11-22)7-4-18-33-19-16-26(17-20-33)32-28(34)31-25-5-2-1-3-6-25/h1-3,5-6,8-15,26-27H,4,7,16-20H2,(H2,31,32,34). The number of benzene rings is 3. The number of rotatable bonds is 8. The second kappa shape index (κ2) is 12.0. The zero-order chi connectivity index (χ0) is 23.8. The minimum atomic E-state index is -0.239. The molecule has 0 bridgehead atoms. The number of nitrogens with zero attached hydrogens (tertiary/aromatic N) is 1. The molecule has 0 spiro atoms. The fourth-order valence-corrected chi connectivity index (χ4v) is 4.89. The van der Waals surface area contributed by atoms with Crippen molar-refractivity contribution in [3.63, 3.8) is 0 Å². The van der Waals surface area contributed by atoms with Crippen LogP contribution in [0.5, 0.6) is 0 Å². The van der Waals surface area contributed by atoms with Gasteiger partial charge in [-0.25, -0.2) is 8.78 Å². The Morgan fingerprint density at radius 1 is 0.853 bits per heavy atom. The summed E-state index contributed by atoms with van der Waals surface area (Å²) in [5, 5.41) is 7.36. The normalized spacial score (nSPS) is 14.8. The van der Waals surface area contributed by atoms with Crippen molar-refractivity contribution >= 4 is 23.0 Å². The Morgan fingerprint density at radius 3 is 1.97 bits per heavy atom. The zero-order valence-electron chi connectivity index (χ0n) is 19.2. The van der Waals surface area contributed by atoms with E-state index in [0.717, 1.165) is 62.1 Å². The molecular formula is C28H31F2N3S. The molecular weight excluding hydrogens is 448 g/mol. The van der Waals surface area contributed by atoms with Crippen LogP contribution in [0.15, 0.2) is 78.9 Å². The molecule has 1 fully saturated rings. The molecule has 178 valence electrons. The Balaban J connectivity index is 1.24. The lowest BCUT2D eigenvalue weighted by Gasteiger charge is -2.33. The Kier molecular flexibility index (Phi) is 8.61. The lowest BCUT2D eigenvalue weighted by atomic mass is 9.87. The summed E-state index contributed by atoms with van der Waals surface area (Å²) in [5.41, 5.74) is 3.12. The van der Waals surface area contributed by atoms with E-state index in [4.69, 9.17) is 12.2 Å². The molecule has 0 saturated carbocycles. The smallest absolute Gasteiger partial charge is 0.170 e. The van der Waals surface area contributed by atoms with Crippen molar-refractivity contribution in [3.05, 3.63) is 102 Å².